The van der Waals surface area contributed by atoms with Crippen LogP contribution in [0.25, 0.3) is 10.9 Å². The van der Waals surface area contributed by atoms with Crippen LogP contribution in [0.2, 0.25) is 0 Å². The number of nitrogens with zero attached hydrogens (tertiary/aromatic N) is 1. The Labute approximate surface area is 102 Å². The molecule has 1 aromatic carbocycles. The van der Waals surface area contributed by atoms with Crippen molar-refractivity contribution in [2.45, 2.75) is 26.1 Å². The maximum absolute atomic E-state index is 12.7. The Morgan fingerprint density at radius 1 is 1.22 bits per heavy atom. The molecule has 96 valence electrons. The first-order valence-electron chi connectivity index (χ1n) is 5.52. The molecule has 1 aromatic heterocycles. The van der Waals surface area contributed by atoms with Crippen LogP contribution in [0.4, 0.5) is 13.2 Å². The molecule has 0 spiro atoms. The molecular formula is C13H12F3NO. The van der Waals surface area contributed by atoms with E-state index in [0.29, 0.717) is 22.9 Å². The highest BCUT2D eigenvalue weighted by Gasteiger charge is 2.31. The summed E-state index contributed by atoms with van der Waals surface area (Å²) < 4.78 is 39.6. The van der Waals surface area contributed by atoms with E-state index in [1.54, 1.807) is 10.6 Å². The van der Waals surface area contributed by atoms with Gasteiger partial charge in [0.2, 0.25) is 0 Å². The van der Waals surface area contributed by atoms with Crippen LogP contribution in [-0.2, 0) is 6.18 Å². The summed E-state index contributed by atoms with van der Waals surface area (Å²) in [5.74, 6) is 0. The van der Waals surface area contributed by atoms with Crippen molar-refractivity contribution in [1.29, 1.82) is 0 Å². The van der Waals surface area contributed by atoms with E-state index in [0.717, 1.165) is 12.1 Å². The van der Waals surface area contributed by atoms with Gasteiger partial charge in [-0.15, -0.1) is 0 Å². The van der Waals surface area contributed by atoms with Crippen molar-refractivity contribution in [3.8, 4) is 0 Å². The lowest BCUT2D eigenvalue weighted by Gasteiger charge is -2.13. The van der Waals surface area contributed by atoms with Gasteiger partial charge in [0.15, 0.2) is 6.29 Å². The molecule has 2 rings (SSSR count). The fourth-order valence-corrected chi connectivity index (χ4v) is 2.09. The van der Waals surface area contributed by atoms with Gasteiger partial charge in [0, 0.05) is 16.9 Å². The van der Waals surface area contributed by atoms with Gasteiger partial charge in [-0.3, -0.25) is 4.79 Å². The van der Waals surface area contributed by atoms with Gasteiger partial charge in [-0.25, -0.2) is 0 Å². The summed E-state index contributed by atoms with van der Waals surface area (Å²) >= 11 is 0. The molecule has 0 aliphatic heterocycles. The van der Waals surface area contributed by atoms with Gasteiger partial charge in [-0.1, -0.05) is 6.07 Å². The van der Waals surface area contributed by atoms with Crippen LogP contribution in [-0.4, -0.2) is 10.9 Å². The highest BCUT2D eigenvalue weighted by atomic mass is 19.4. The Hall–Kier alpha value is -1.78. The Morgan fingerprint density at radius 3 is 2.39 bits per heavy atom. The van der Waals surface area contributed by atoms with Crippen molar-refractivity contribution in [1.82, 2.24) is 4.57 Å². The Kier molecular flexibility index (Phi) is 2.92. The molecule has 18 heavy (non-hydrogen) atoms. The summed E-state index contributed by atoms with van der Waals surface area (Å²) in [5.41, 5.74) is 0.119. The van der Waals surface area contributed by atoms with E-state index in [9.17, 15) is 18.0 Å². The third kappa shape index (κ3) is 2.00. The van der Waals surface area contributed by atoms with Gasteiger partial charge in [0.25, 0.3) is 0 Å². The van der Waals surface area contributed by atoms with Crippen LogP contribution in [0.5, 0.6) is 0 Å². The molecular weight excluding hydrogens is 243 g/mol. The number of carbonyl (C=O) groups excluding carboxylic acids is 1. The lowest BCUT2D eigenvalue weighted by Crippen LogP contribution is -2.07. The normalized spacial score (nSPS) is 12.3. The number of carbonyl (C=O) groups is 1. The van der Waals surface area contributed by atoms with Gasteiger partial charge >= 0.3 is 6.18 Å². The molecule has 0 aliphatic rings. The van der Waals surface area contributed by atoms with Gasteiger partial charge in [0.1, 0.15) is 0 Å². The average molecular weight is 255 g/mol. The molecule has 2 nitrogen and oxygen atoms in total. The highest BCUT2D eigenvalue weighted by molar-refractivity contribution is 5.89. The zero-order chi connectivity index (χ0) is 13.5. The van der Waals surface area contributed by atoms with Gasteiger partial charge < -0.3 is 4.57 Å². The minimum atomic E-state index is -4.37. The van der Waals surface area contributed by atoms with Gasteiger partial charge in [-0.2, -0.15) is 13.2 Å². The number of benzene rings is 1. The van der Waals surface area contributed by atoms with E-state index in [-0.39, 0.29) is 6.04 Å². The van der Waals surface area contributed by atoms with E-state index in [4.69, 9.17) is 0 Å². The summed E-state index contributed by atoms with van der Waals surface area (Å²) in [6.07, 6.45) is -3.71. The predicted molar refractivity (Wildman–Crippen MR) is 62.7 cm³/mol. The molecule has 0 saturated heterocycles. The minimum absolute atomic E-state index is 0.0776. The van der Waals surface area contributed by atoms with E-state index in [2.05, 4.69) is 0 Å². The smallest absolute Gasteiger partial charge is 0.336 e. The van der Waals surface area contributed by atoms with Crippen LogP contribution in [0.15, 0.2) is 24.3 Å². The molecule has 0 bridgehead atoms. The topological polar surface area (TPSA) is 22.0 Å². The van der Waals surface area contributed by atoms with E-state index in [1.165, 1.54) is 6.07 Å². The van der Waals surface area contributed by atoms with Crippen LogP contribution < -0.4 is 0 Å². The van der Waals surface area contributed by atoms with Crippen molar-refractivity contribution in [2.24, 2.45) is 0 Å². The summed E-state index contributed by atoms with van der Waals surface area (Å²) in [7, 11) is 0. The van der Waals surface area contributed by atoms with Crippen LogP contribution in [0, 0.1) is 0 Å². The van der Waals surface area contributed by atoms with Crippen molar-refractivity contribution < 1.29 is 18.0 Å². The second kappa shape index (κ2) is 4.15. The molecule has 0 atom stereocenters. The number of aldehydes is 1. The largest absolute Gasteiger partial charge is 0.416 e. The highest BCUT2D eigenvalue weighted by Crippen LogP contribution is 2.33. The summed E-state index contributed by atoms with van der Waals surface area (Å²) in [5, 5.41) is 0.638. The third-order valence-electron chi connectivity index (χ3n) is 2.84. The molecule has 0 aliphatic carbocycles. The van der Waals surface area contributed by atoms with E-state index >= 15 is 0 Å². The second-order valence-corrected chi connectivity index (χ2v) is 4.42. The molecule has 0 N–H and O–H groups in total. The standard InChI is InChI=1S/C13H12F3NO/c1-8(2)17-11(7-18)5-9-3-4-10(6-12(9)17)13(14,15)16/h3-8H,1-2H3. The number of aromatic nitrogens is 1. The maximum Gasteiger partial charge on any atom is 0.416 e. The van der Waals surface area contributed by atoms with Gasteiger partial charge in [-0.05, 0) is 32.0 Å². The minimum Gasteiger partial charge on any atom is -0.336 e. The lowest BCUT2D eigenvalue weighted by molar-refractivity contribution is -0.137. The SMILES string of the molecule is CC(C)n1c(C=O)cc2ccc(C(F)(F)F)cc21. The number of rotatable bonds is 2. The molecule has 1 heterocycles. The number of halogens is 3. The number of fused-ring (bicyclic) bond motifs is 1. The fraction of sp³-hybridized carbons (Fsp3) is 0.308. The van der Waals surface area contributed by atoms with Crippen LogP contribution >= 0.6 is 0 Å². The Bertz CT molecular complexity index is 596. The zero-order valence-corrected chi connectivity index (χ0v) is 9.95. The molecule has 0 saturated carbocycles. The van der Waals surface area contributed by atoms with Gasteiger partial charge in [0.05, 0.1) is 11.3 Å². The number of hydrogen-bond acceptors (Lipinski definition) is 1. The zero-order valence-electron chi connectivity index (χ0n) is 9.95. The summed E-state index contributed by atoms with van der Waals surface area (Å²) in [6, 6.07) is 5.03. The third-order valence-corrected chi connectivity index (χ3v) is 2.84. The van der Waals surface area contributed by atoms with Crippen molar-refractivity contribution in [3.05, 3.63) is 35.5 Å². The molecule has 2 aromatic rings. The molecule has 0 radical (unpaired) electrons. The van der Waals surface area contributed by atoms with Crippen LogP contribution in [0.1, 0.15) is 35.9 Å². The monoisotopic (exact) mass is 255 g/mol. The molecule has 5 heteroatoms. The fourth-order valence-electron chi connectivity index (χ4n) is 2.09. The van der Waals surface area contributed by atoms with Crippen LogP contribution in [0.3, 0.4) is 0 Å². The van der Waals surface area contributed by atoms with Crippen molar-refractivity contribution >= 4 is 17.2 Å². The number of alkyl halides is 3. The first kappa shape index (κ1) is 12.7. The average Bonchev–Trinajstić information content (AvgIpc) is 2.64. The first-order chi connectivity index (χ1) is 8.34. The lowest BCUT2D eigenvalue weighted by atomic mass is 10.1. The molecule has 0 amide bonds. The summed E-state index contributed by atoms with van der Waals surface area (Å²) in [4.78, 5) is 10.9. The second-order valence-electron chi connectivity index (χ2n) is 4.42. The van der Waals surface area contributed by atoms with E-state index in [1.807, 2.05) is 13.8 Å². The van der Waals surface area contributed by atoms with E-state index < -0.39 is 11.7 Å². The first-order valence-corrected chi connectivity index (χ1v) is 5.52. The Morgan fingerprint density at radius 2 is 1.89 bits per heavy atom. The predicted octanol–water partition coefficient (Wildman–Crippen LogP) is 4.05. The molecule has 0 unspecified atom stereocenters. The van der Waals surface area contributed by atoms with Crippen molar-refractivity contribution in [2.75, 3.05) is 0 Å². The quantitative estimate of drug-likeness (QED) is 0.742. The maximum atomic E-state index is 12.7. The van der Waals surface area contributed by atoms with Crippen molar-refractivity contribution in [3.63, 3.8) is 0 Å². The molecule has 0 fully saturated rings. The summed E-state index contributed by atoms with van der Waals surface area (Å²) in [6.45, 7) is 3.65. The Balaban J connectivity index is 2.75. The number of hydrogen-bond donors (Lipinski definition) is 0.